The highest BCUT2D eigenvalue weighted by Gasteiger charge is 2.43. The summed E-state index contributed by atoms with van der Waals surface area (Å²) in [4.78, 5) is 34.6. The number of fused-ring (bicyclic) bond motifs is 1. The Bertz CT molecular complexity index is 1180. The van der Waals surface area contributed by atoms with Crippen molar-refractivity contribution in [1.82, 2.24) is 20.1 Å². The molecule has 0 aliphatic carbocycles. The molecule has 5 rings (SSSR count). The molecule has 34 heavy (non-hydrogen) atoms. The number of rotatable bonds is 6. The molecular weight excluding hydrogens is 455 g/mol. The minimum atomic E-state index is -0.555. The SMILES string of the molecule is COc1ccc(C[C@@H]2NC(=O)[C@H]3CN(Cc4nc(-c5ccc(F)cc5)cs4)CCN3C2=O)cc1. The largest absolute Gasteiger partial charge is 0.497 e. The summed E-state index contributed by atoms with van der Waals surface area (Å²) < 4.78 is 18.4. The zero-order valence-electron chi connectivity index (χ0n) is 18.7. The Morgan fingerprint density at radius 1 is 1.12 bits per heavy atom. The van der Waals surface area contributed by atoms with Crippen molar-refractivity contribution >= 4 is 23.2 Å². The first-order valence-corrected chi connectivity index (χ1v) is 12.0. The summed E-state index contributed by atoms with van der Waals surface area (Å²) in [5, 5.41) is 5.81. The minimum absolute atomic E-state index is 0.0343. The van der Waals surface area contributed by atoms with Gasteiger partial charge in [0, 0.05) is 37.0 Å². The van der Waals surface area contributed by atoms with Gasteiger partial charge in [0.25, 0.3) is 0 Å². The van der Waals surface area contributed by atoms with Crippen LogP contribution in [0.1, 0.15) is 10.6 Å². The molecule has 0 bridgehead atoms. The lowest BCUT2D eigenvalue weighted by Crippen LogP contribution is -2.69. The molecule has 2 atom stereocenters. The fraction of sp³-hybridized carbons (Fsp3) is 0.320. The second kappa shape index (κ2) is 9.52. The Balaban J connectivity index is 1.21. The van der Waals surface area contributed by atoms with Gasteiger partial charge in [-0.3, -0.25) is 14.5 Å². The lowest BCUT2D eigenvalue weighted by molar-refractivity contribution is -0.153. The lowest BCUT2D eigenvalue weighted by atomic mass is 9.98. The van der Waals surface area contributed by atoms with E-state index in [-0.39, 0.29) is 17.6 Å². The van der Waals surface area contributed by atoms with E-state index in [9.17, 15) is 14.0 Å². The van der Waals surface area contributed by atoms with Crippen molar-refractivity contribution in [3.8, 4) is 17.0 Å². The summed E-state index contributed by atoms with van der Waals surface area (Å²) in [5.41, 5.74) is 2.65. The number of benzene rings is 2. The van der Waals surface area contributed by atoms with Gasteiger partial charge in [-0.2, -0.15) is 0 Å². The molecule has 1 N–H and O–H groups in total. The molecule has 2 aromatic carbocycles. The number of hydrogen-bond acceptors (Lipinski definition) is 6. The van der Waals surface area contributed by atoms with Gasteiger partial charge >= 0.3 is 0 Å². The van der Waals surface area contributed by atoms with Gasteiger partial charge in [-0.1, -0.05) is 12.1 Å². The fourth-order valence-electron chi connectivity index (χ4n) is 4.46. The standard InChI is InChI=1S/C25H25FN4O3S/c1-33-19-8-2-16(3-9-19)12-20-25(32)30-11-10-29(13-22(30)24(31)28-20)14-23-27-21(15-34-23)17-4-6-18(26)7-5-17/h2-9,15,20,22H,10-14H2,1H3,(H,28,31)/t20-,22+/m0/s1. The molecule has 3 aromatic rings. The number of thiazole rings is 1. The number of amides is 2. The second-order valence-electron chi connectivity index (χ2n) is 8.53. The van der Waals surface area contributed by atoms with Crippen LogP contribution in [-0.4, -0.2) is 65.4 Å². The number of carbonyl (C=O) groups is 2. The Labute approximate surface area is 201 Å². The van der Waals surface area contributed by atoms with Crippen molar-refractivity contribution in [3.05, 3.63) is 70.3 Å². The second-order valence-corrected chi connectivity index (χ2v) is 9.47. The van der Waals surface area contributed by atoms with Crippen LogP contribution in [0.2, 0.25) is 0 Å². The monoisotopic (exact) mass is 480 g/mol. The smallest absolute Gasteiger partial charge is 0.246 e. The highest BCUT2D eigenvalue weighted by Crippen LogP contribution is 2.25. The van der Waals surface area contributed by atoms with E-state index in [1.807, 2.05) is 29.6 Å². The number of aromatic nitrogens is 1. The maximum absolute atomic E-state index is 13.2. The summed E-state index contributed by atoms with van der Waals surface area (Å²) >= 11 is 1.54. The van der Waals surface area contributed by atoms with Crippen molar-refractivity contribution in [3.63, 3.8) is 0 Å². The molecule has 2 fully saturated rings. The molecule has 176 valence electrons. The van der Waals surface area contributed by atoms with Crippen molar-refractivity contribution < 1.29 is 18.7 Å². The van der Waals surface area contributed by atoms with E-state index >= 15 is 0 Å². The summed E-state index contributed by atoms with van der Waals surface area (Å²) in [6, 6.07) is 12.8. The third-order valence-corrected chi connectivity index (χ3v) is 7.15. The highest BCUT2D eigenvalue weighted by atomic mass is 32.1. The topological polar surface area (TPSA) is 74.8 Å². The van der Waals surface area contributed by atoms with Crippen molar-refractivity contribution in [2.24, 2.45) is 0 Å². The quantitative estimate of drug-likeness (QED) is 0.587. The normalized spacial score (nSPS) is 20.7. The molecule has 7 nitrogen and oxygen atoms in total. The Morgan fingerprint density at radius 2 is 1.88 bits per heavy atom. The lowest BCUT2D eigenvalue weighted by Gasteiger charge is -2.45. The van der Waals surface area contributed by atoms with Crippen LogP contribution < -0.4 is 10.1 Å². The number of nitrogens with one attached hydrogen (secondary N) is 1. The van der Waals surface area contributed by atoms with Crippen LogP contribution in [0.5, 0.6) is 5.75 Å². The van der Waals surface area contributed by atoms with Crippen molar-refractivity contribution in [1.29, 1.82) is 0 Å². The molecule has 3 heterocycles. The van der Waals surface area contributed by atoms with Gasteiger partial charge in [0.2, 0.25) is 11.8 Å². The van der Waals surface area contributed by atoms with Crippen LogP contribution in [0.3, 0.4) is 0 Å². The number of methoxy groups -OCH3 is 1. The first-order chi connectivity index (χ1) is 16.5. The van der Waals surface area contributed by atoms with E-state index in [0.29, 0.717) is 32.6 Å². The van der Waals surface area contributed by atoms with Crippen LogP contribution in [0, 0.1) is 5.82 Å². The van der Waals surface area contributed by atoms with Gasteiger partial charge in [0.05, 0.1) is 19.3 Å². The van der Waals surface area contributed by atoms with Gasteiger partial charge < -0.3 is 15.0 Å². The Morgan fingerprint density at radius 3 is 2.62 bits per heavy atom. The van der Waals surface area contributed by atoms with Crippen LogP contribution in [0.4, 0.5) is 4.39 Å². The molecule has 0 spiro atoms. The predicted octanol–water partition coefficient (Wildman–Crippen LogP) is 2.71. The van der Waals surface area contributed by atoms with Gasteiger partial charge in [-0.15, -0.1) is 11.3 Å². The van der Waals surface area contributed by atoms with Crippen molar-refractivity contribution in [2.75, 3.05) is 26.7 Å². The number of ether oxygens (including phenoxy) is 1. The van der Waals surface area contributed by atoms with Gasteiger partial charge in [-0.05, 0) is 42.0 Å². The van der Waals surface area contributed by atoms with Crippen LogP contribution in [0.15, 0.2) is 53.9 Å². The highest BCUT2D eigenvalue weighted by molar-refractivity contribution is 7.09. The number of carbonyl (C=O) groups excluding carboxylic acids is 2. The molecule has 0 radical (unpaired) electrons. The molecule has 2 aliphatic heterocycles. The molecule has 2 aliphatic rings. The van der Waals surface area contributed by atoms with E-state index in [1.54, 1.807) is 35.5 Å². The first kappa shape index (κ1) is 22.5. The Hall–Kier alpha value is -3.30. The average Bonchev–Trinajstić information content (AvgIpc) is 3.31. The van der Waals surface area contributed by atoms with E-state index in [4.69, 9.17) is 4.74 Å². The number of nitrogens with zero attached hydrogens (tertiary/aromatic N) is 3. The molecule has 2 saturated heterocycles. The first-order valence-electron chi connectivity index (χ1n) is 11.2. The molecule has 0 saturated carbocycles. The maximum atomic E-state index is 13.2. The number of hydrogen-bond donors (Lipinski definition) is 1. The minimum Gasteiger partial charge on any atom is -0.497 e. The molecule has 9 heteroatoms. The molecule has 2 amide bonds. The number of halogens is 1. The maximum Gasteiger partial charge on any atom is 0.246 e. The van der Waals surface area contributed by atoms with Crippen LogP contribution in [0.25, 0.3) is 11.3 Å². The van der Waals surface area contributed by atoms with E-state index in [1.165, 1.54) is 12.1 Å². The summed E-state index contributed by atoms with van der Waals surface area (Å²) in [6.07, 6.45) is 0.451. The summed E-state index contributed by atoms with van der Waals surface area (Å²) in [5.74, 6) is 0.328. The third kappa shape index (κ3) is 4.67. The zero-order chi connectivity index (χ0) is 23.7. The predicted molar refractivity (Wildman–Crippen MR) is 127 cm³/mol. The number of piperazine rings is 2. The fourth-order valence-corrected chi connectivity index (χ4v) is 5.31. The third-order valence-electron chi connectivity index (χ3n) is 6.31. The van der Waals surface area contributed by atoms with Crippen LogP contribution >= 0.6 is 11.3 Å². The van der Waals surface area contributed by atoms with E-state index in [2.05, 4.69) is 15.2 Å². The van der Waals surface area contributed by atoms with E-state index < -0.39 is 12.1 Å². The van der Waals surface area contributed by atoms with E-state index in [0.717, 1.165) is 27.6 Å². The average molecular weight is 481 g/mol. The van der Waals surface area contributed by atoms with Crippen LogP contribution in [-0.2, 0) is 22.6 Å². The van der Waals surface area contributed by atoms with Crippen molar-refractivity contribution in [2.45, 2.75) is 25.0 Å². The van der Waals surface area contributed by atoms with Gasteiger partial charge in [0.1, 0.15) is 28.7 Å². The molecular formula is C25H25FN4O3S. The molecule has 1 aromatic heterocycles. The summed E-state index contributed by atoms with van der Waals surface area (Å²) in [6.45, 7) is 2.26. The van der Waals surface area contributed by atoms with Gasteiger partial charge in [-0.25, -0.2) is 9.37 Å². The van der Waals surface area contributed by atoms with Gasteiger partial charge in [0.15, 0.2) is 0 Å². The zero-order valence-corrected chi connectivity index (χ0v) is 19.6. The summed E-state index contributed by atoms with van der Waals surface area (Å²) in [7, 11) is 1.61. The Kier molecular flexibility index (Phi) is 6.30. The molecule has 0 unspecified atom stereocenters.